The monoisotopic (exact) mass is 143 g/mol. The molecule has 0 N–H and O–H groups in total. The van der Waals surface area contributed by atoms with Gasteiger partial charge in [0.1, 0.15) is 0 Å². The second-order valence-corrected chi connectivity index (χ2v) is 1.49. The van der Waals surface area contributed by atoms with Crippen LogP contribution in [0.4, 0.5) is 0 Å². The van der Waals surface area contributed by atoms with Crippen molar-refractivity contribution in [3.8, 4) is 0 Å². The molecule has 0 radical (unpaired) electrons. The van der Waals surface area contributed by atoms with E-state index in [1.807, 2.05) is 0 Å². The molecule has 4 heteroatoms. The first-order chi connectivity index (χ1) is 4.76. The van der Waals surface area contributed by atoms with Gasteiger partial charge in [-0.2, -0.15) is 0 Å². The smallest absolute Gasteiger partial charge is 0.360 e. The van der Waals surface area contributed by atoms with Crippen molar-refractivity contribution < 1.29 is 9.53 Å². The van der Waals surface area contributed by atoms with Crippen molar-refractivity contribution in [1.82, 2.24) is 0 Å². The van der Waals surface area contributed by atoms with E-state index < -0.39 is 5.97 Å². The summed E-state index contributed by atoms with van der Waals surface area (Å²) in [7, 11) is 0. The zero-order valence-electron chi connectivity index (χ0n) is 5.96. The Bertz CT molecular complexity index is 162. The molecule has 0 bridgehead atoms. The maximum atomic E-state index is 10.6. The number of nitroso groups, excluding NO2 is 1. The molecular weight excluding hydrogens is 134 g/mol. The second kappa shape index (κ2) is 4.67. The number of carbonyl (C=O) groups is 1. The molecule has 0 spiro atoms. The molecule has 0 aliphatic carbocycles. The molecule has 0 aliphatic rings. The van der Waals surface area contributed by atoms with E-state index in [-0.39, 0.29) is 12.3 Å². The fourth-order valence-electron chi connectivity index (χ4n) is 0.413. The predicted octanol–water partition coefficient (Wildman–Crippen LogP) is 1.22. The van der Waals surface area contributed by atoms with Crippen LogP contribution >= 0.6 is 0 Å². The van der Waals surface area contributed by atoms with E-state index in [1.54, 1.807) is 13.8 Å². The fourth-order valence-corrected chi connectivity index (χ4v) is 0.413. The number of allylic oxidation sites excluding steroid dienone is 1. The van der Waals surface area contributed by atoms with Crippen LogP contribution in [0.15, 0.2) is 16.9 Å². The summed E-state index contributed by atoms with van der Waals surface area (Å²) < 4.78 is 4.48. The first kappa shape index (κ1) is 8.81. The van der Waals surface area contributed by atoms with Crippen LogP contribution in [0.2, 0.25) is 0 Å². The number of esters is 1. The molecule has 0 fully saturated rings. The Morgan fingerprint density at radius 3 is 2.60 bits per heavy atom. The third-order valence-corrected chi connectivity index (χ3v) is 0.856. The minimum atomic E-state index is -0.667. The predicted molar refractivity (Wildman–Crippen MR) is 36.2 cm³/mol. The van der Waals surface area contributed by atoms with Crippen LogP contribution in [0.5, 0.6) is 0 Å². The van der Waals surface area contributed by atoms with Crippen LogP contribution in [0.25, 0.3) is 0 Å². The molecule has 0 saturated carbocycles. The van der Waals surface area contributed by atoms with Gasteiger partial charge in [0, 0.05) is 0 Å². The zero-order valence-corrected chi connectivity index (χ0v) is 5.96. The van der Waals surface area contributed by atoms with E-state index in [9.17, 15) is 9.70 Å². The molecule has 0 atom stereocenters. The minimum absolute atomic E-state index is 0.179. The van der Waals surface area contributed by atoms with Gasteiger partial charge in [0.15, 0.2) is 5.70 Å². The maximum Gasteiger partial charge on any atom is 0.360 e. The third-order valence-electron chi connectivity index (χ3n) is 0.856. The molecule has 0 amide bonds. The lowest BCUT2D eigenvalue weighted by atomic mass is 10.4. The Balaban J connectivity index is 4.04. The summed E-state index contributed by atoms with van der Waals surface area (Å²) in [6, 6.07) is 0. The Morgan fingerprint density at radius 2 is 2.30 bits per heavy atom. The van der Waals surface area contributed by atoms with Crippen LogP contribution in [-0.4, -0.2) is 12.6 Å². The van der Waals surface area contributed by atoms with E-state index in [0.29, 0.717) is 0 Å². The Morgan fingerprint density at radius 1 is 1.70 bits per heavy atom. The largest absolute Gasteiger partial charge is 0.461 e. The molecule has 0 saturated heterocycles. The average Bonchev–Trinajstić information content (AvgIpc) is 1.91. The number of ether oxygens (including phenoxy) is 1. The quantitative estimate of drug-likeness (QED) is 0.339. The molecule has 0 aromatic heterocycles. The highest BCUT2D eigenvalue weighted by atomic mass is 16.5. The van der Waals surface area contributed by atoms with Crippen LogP contribution < -0.4 is 0 Å². The summed E-state index contributed by atoms with van der Waals surface area (Å²) in [6.45, 7) is 3.47. The van der Waals surface area contributed by atoms with Crippen molar-refractivity contribution in [3.05, 3.63) is 16.7 Å². The Kier molecular flexibility index (Phi) is 4.11. The molecule has 0 aliphatic heterocycles. The summed E-state index contributed by atoms with van der Waals surface area (Å²) >= 11 is 0. The average molecular weight is 143 g/mol. The van der Waals surface area contributed by atoms with Gasteiger partial charge in [0.05, 0.1) is 6.61 Å². The molecule has 0 heterocycles. The zero-order chi connectivity index (χ0) is 7.98. The third kappa shape index (κ3) is 2.39. The highest BCUT2D eigenvalue weighted by molar-refractivity contribution is 5.87. The molecular formula is C6H9NO3. The molecule has 0 rings (SSSR count). The van der Waals surface area contributed by atoms with E-state index in [1.165, 1.54) is 6.08 Å². The van der Waals surface area contributed by atoms with Crippen LogP contribution in [0.3, 0.4) is 0 Å². The van der Waals surface area contributed by atoms with E-state index >= 15 is 0 Å². The molecule has 10 heavy (non-hydrogen) atoms. The van der Waals surface area contributed by atoms with Crippen molar-refractivity contribution in [2.45, 2.75) is 13.8 Å². The van der Waals surface area contributed by atoms with Gasteiger partial charge in [-0.05, 0) is 19.0 Å². The highest BCUT2D eigenvalue weighted by Crippen LogP contribution is 1.97. The van der Waals surface area contributed by atoms with E-state index in [0.717, 1.165) is 0 Å². The summed E-state index contributed by atoms with van der Waals surface area (Å²) in [4.78, 5) is 20.5. The molecule has 0 aromatic carbocycles. The van der Waals surface area contributed by atoms with Crippen LogP contribution in [0.1, 0.15) is 13.8 Å². The normalized spacial score (nSPS) is 10.8. The lowest BCUT2D eigenvalue weighted by Gasteiger charge is -1.96. The summed E-state index contributed by atoms with van der Waals surface area (Å²) in [5, 5.41) is 2.46. The Hall–Kier alpha value is -1.19. The van der Waals surface area contributed by atoms with Gasteiger partial charge in [-0.1, -0.05) is 6.08 Å². The number of hydrogen-bond donors (Lipinski definition) is 0. The van der Waals surface area contributed by atoms with Crippen molar-refractivity contribution >= 4 is 5.97 Å². The first-order valence-electron chi connectivity index (χ1n) is 2.93. The van der Waals surface area contributed by atoms with Crippen molar-refractivity contribution in [2.24, 2.45) is 5.18 Å². The first-order valence-corrected chi connectivity index (χ1v) is 2.93. The fraction of sp³-hybridized carbons (Fsp3) is 0.500. The summed E-state index contributed by atoms with van der Waals surface area (Å²) in [6.07, 6.45) is 1.31. The molecule has 4 nitrogen and oxygen atoms in total. The molecule has 0 aromatic rings. The van der Waals surface area contributed by atoms with Gasteiger partial charge in [-0.3, -0.25) is 0 Å². The number of hydrogen-bond acceptors (Lipinski definition) is 4. The van der Waals surface area contributed by atoms with Crippen molar-refractivity contribution in [1.29, 1.82) is 0 Å². The van der Waals surface area contributed by atoms with Gasteiger partial charge in [0.25, 0.3) is 0 Å². The van der Waals surface area contributed by atoms with Gasteiger partial charge >= 0.3 is 5.97 Å². The van der Waals surface area contributed by atoms with Crippen molar-refractivity contribution in [3.63, 3.8) is 0 Å². The Labute approximate surface area is 58.8 Å². The number of rotatable bonds is 3. The molecule has 0 unspecified atom stereocenters. The standard InChI is InChI=1S/C6H9NO3/c1-3-5(7-9)6(8)10-4-2/h3H,4H2,1-2H3/b5-3-. The number of nitrogens with zero attached hydrogens (tertiary/aromatic N) is 1. The van der Waals surface area contributed by atoms with Gasteiger partial charge in [0.2, 0.25) is 0 Å². The topological polar surface area (TPSA) is 55.7 Å². The van der Waals surface area contributed by atoms with Gasteiger partial charge < -0.3 is 4.74 Å². The van der Waals surface area contributed by atoms with Crippen LogP contribution in [0, 0.1) is 4.91 Å². The minimum Gasteiger partial charge on any atom is -0.461 e. The van der Waals surface area contributed by atoms with E-state index in [2.05, 4.69) is 9.91 Å². The second-order valence-electron chi connectivity index (χ2n) is 1.49. The van der Waals surface area contributed by atoms with Gasteiger partial charge in [-0.25, -0.2) is 4.79 Å². The lowest BCUT2D eigenvalue weighted by molar-refractivity contribution is -0.138. The highest BCUT2D eigenvalue weighted by Gasteiger charge is 2.07. The van der Waals surface area contributed by atoms with Gasteiger partial charge in [-0.15, -0.1) is 4.91 Å². The van der Waals surface area contributed by atoms with Crippen LogP contribution in [-0.2, 0) is 9.53 Å². The summed E-state index contributed by atoms with van der Waals surface area (Å²) in [5.41, 5.74) is -0.179. The summed E-state index contributed by atoms with van der Waals surface area (Å²) in [5.74, 6) is -0.667. The SMILES string of the molecule is C/C=C(\N=O)C(=O)OCC. The molecule has 56 valence electrons. The van der Waals surface area contributed by atoms with Crippen molar-refractivity contribution in [2.75, 3.05) is 6.61 Å². The maximum absolute atomic E-state index is 10.6. The number of carbonyl (C=O) groups excluding carboxylic acids is 1. The van der Waals surface area contributed by atoms with E-state index in [4.69, 9.17) is 0 Å². The lowest BCUT2D eigenvalue weighted by Crippen LogP contribution is -2.05.